The normalized spacial score (nSPS) is 17.1. The third kappa shape index (κ3) is 5.59. The lowest BCUT2D eigenvalue weighted by molar-refractivity contribution is -0.195. The van der Waals surface area contributed by atoms with E-state index in [1.54, 1.807) is 37.4 Å². The van der Waals surface area contributed by atoms with Gasteiger partial charge in [-0.2, -0.15) is 17.6 Å². The number of fused-ring (bicyclic) bond motifs is 1. The van der Waals surface area contributed by atoms with Crippen molar-refractivity contribution >= 4 is 33.9 Å². The minimum atomic E-state index is -4.45. The monoisotopic (exact) mass is 587 g/mol. The molecule has 12 heteroatoms. The topological polar surface area (TPSA) is 77.1 Å². The maximum atomic E-state index is 15.2. The Morgan fingerprint density at radius 1 is 1.22 bits per heavy atom. The van der Waals surface area contributed by atoms with Crippen LogP contribution in [0.5, 0.6) is 0 Å². The zero-order chi connectivity index (χ0) is 29.7. The van der Waals surface area contributed by atoms with Gasteiger partial charge in [-0.05, 0) is 43.4 Å². The first-order valence-electron chi connectivity index (χ1n) is 13.0. The van der Waals surface area contributed by atoms with Crippen LogP contribution in [0.15, 0.2) is 42.4 Å². The van der Waals surface area contributed by atoms with E-state index in [1.165, 1.54) is 6.20 Å². The molecular weight excluding hydrogens is 558 g/mol. The number of hydrogen-bond donors (Lipinski definition) is 4. The number of benzene rings is 1. The summed E-state index contributed by atoms with van der Waals surface area (Å²) in [6, 6.07) is 5.65. The third-order valence-corrected chi connectivity index (χ3v) is 7.42. The number of nitrogens with zero attached hydrogens (tertiary/aromatic N) is 3. The number of hydrazine groups is 2. The summed E-state index contributed by atoms with van der Waals surface area (Å²) in [7, 11) is 0. The van der Waals surface area contributed by atoms with Gasteiger partial charge in [-0.15, -0.1) is 12.0 Å². The molecule has 7 nitrogen and oxygen atoms in total. The minimum Gasteiger partial charge on any atom is -0.383 e. The number of aryl methyl sites for hydroxylation is 1. The van der Waals surface area contributed by atoms with Crippen molar-refractivity contribution in [3.63, 3.8) is 0 Å². The van der Waals surface area contributed by atoms with E-state index in [0.29, 0.717) is 45.1 Å². The summed E-state index contributed by atoms with van der Waals surface area (Å²) in [6.45, 7) is 8.50. The summed E-state index contributed by atoms with van der Waals surface area (Å²) in [5.41, 5.74) is 6.38. The molecule has 1 aromatic carbocycles. The highest BCUT2D eigenvalue weighted by Gasteiger charge is 2.67. The molecule has 0 amide bonds. The number of alkyl halides is 3. The number of anilines is 2. The minimum absolute atomic E-state index is 0.0529. The van der Waals surface area contributed by atoms with Crippen LogP contribution in [0.4, 0.5) is 28.9 Å². The van der Waals surface area contributed by atoms with Gasteiger partial charge in [0, 0.05) is 41.3 Å². The molecule has 41 heavy (non-hydrogen) atoms. The number of rotatable bonds is 7. The molecule has 2 aromatic heterocycles. The van der Waals surface area contributed by atoms with E-state index in [9.17, 15) is 13.2 Å². The first kappa shape index (κ1) is 28.8. The molecule has 1 aliphatic heterocycles. The van der Waals surface area contributed by atoms with Crippen molar-refractivity contribution in [1.29, 1.82) is 0 Å². The van der Waals surface area contributed by atoms with Crippen molar-refractivity contribution < 1.29 is 17.6 Å². The summed E-state index contributed by atoms with van der Waals surface area (Å²) < 4.78 is 56.7. The molecule has 2 aliphatic rings. The molecule has 216 valence electrons. The summed E-state index contributed by atoms with van der Waals surface area (Å²) in [5.74, 6) is 1.90. The second-order valence-corrected chi connectivity index (χ2v) is 12.0. The smallest absolute Gasteiger partial charge is 0.383 e. The Kier molecular flexibility index (Phi) is 7.20. The highest BCUT2D eigenvalue weighted by atomic mass is 35.5. The molecule has 0 spiro atoms. The summed E-state index contributed by atoms with van der Waals surface area (Å²) in [4.78, 5) is 8.38. The van der Waals surface area contributed by atoms with Gasteiger partial charge in [0.15, 0.2) is 5.54 Å². The fraction of sp³-hybridized carbons (Fsp3) is 0.379. The predicted molar refractivity (Wildman–Crippen MR) is 152 cm³/mol. The van der Waals surface area contributed by atoms with Gasteiger partial charge in [0.2, 0.25) is 5.95 Å². The molecule has 3 heterocycles. The van der Waals surface area contributed by atoms with Gasteiger partial charge in [-0.25, -0.2) is 4.98 Å². The van der Waals surface area contributed by atoms with Crippen molar-refractivity contribution in [2.45, 2.75) is 58.3 Å². The lowest BCUT2D eigenvalue weighted by Crippen LogP contribution is -2.52. The Morgan fingerprint density at radius 2 is 1.95 bits per heavy atom. The Balaban J connectivity index is 1.58. The number of pyridine rings is 2. The van der Waals surface area contributed by atoms with Crippen LogP contribution in [0, 0.1) is 30.6 Å². The van der Waals surface area contributed by atoms with Crippen molar-refractivity contribution in [2.24, 2.45) is 5.41 Å². The molecule has 3 aromatic rings. The van der Waals surface area contributed by atoms with Crippen molar-refractivity contribution in [3.05, 3.63) is 70.2 Å². The lowest BCUT2D eigenvalue weighted by atomic mass is 9.96. The van der Waals surface area contributed by atoms with Crippen LogP contribution in [0.2, 0.25) is 5.02 Å². The third-order valence-electron chi connectivity index (χ3n) is 7.13. The van der Waals surface area contributed by atoms with E-state index in [1.807, 2.05) is 0 Å². The summed E-state index contributed by atoms with van der Waals surface area (Å²) >= 11 is 6.66. The van der Waals surface area contributed by atoms with Gasteiger partial charge in [-0.1, -0.05) is 44.4 Å². The number of halogens is 5. The number of nitrogens with one attached hydrogen (secondary N) is 4. The zero-order valence-corrected chi connectivity index (χ0v) is 23.7. The van der Waals surface area contributed by atoms with Gasteiger partial charge in [0.05, 0.1) is 33.5 Å². The first-order valence-corrected chi connectivity index (χ1v) is 13.4. The quantitative estimate of drug-likeness (QED) is 0.141. The molecule has 1 aliphatic carbocycles. The van der Waals surface area contributed by atoms with Crippen LogP contribution >= 0.6 is 11.6 Å². The van der Waals surface area contributed by atoms with E-state index in [2.05, 4.69) is 58.3 Å². The second kappa shape index (κ2) is 10.3. The number of aromatic nitrogens is 2. The highest BCUT2D eigenvalue weighted by Crippen LogP contribution is 2.53. The van der Waals surface area contributed by atoms with Gasteiger partial charge in [-0.3, -0.25) is 9.99 Å². The van der Waals surface area contributed by atoms with E-state index in [-0.39, 0.29) is 29.5 Å². The van der Waals surface area contributed by atoms with Crippen LogP contribution in [-0.2, 0) is 0 Å². The van der Waals surface area contributed by atoms with Crippen LogP contribution in [0.25, 0.3) is 10.9 Å². The Bertz CT molecular complexity index is 1570. The predicted octanol–water partition coefficient (Wildman–Crippen LogP) is 6.58. The van der Waals surface area contributed by atoms with Gasteiger partial charge in [0.25, 0.3) is 0 Å². The SMILES string of the molecule is C#Cc1cnc2c(Cl)cc(N[C@H](C3=CN(C4(C(F)(F)F)CC4)NN3)c3ccc(C)nc3F)cc2c1NCC(C)(C)C. The Hall–Kier alpha value is -3.75. The van der Waals surface area contributed by atoms with Crippen LogP contribution in [0.3, 0.4) is 0 Å². The van der Waals surface area contributed by atoms with Gasteiger partial charge in [0.1, 0.15) is 0 Å². The highest BCUT2D eigenvalue weighted by molar-refractivity contribution is 6.35. The average Bonchev–Trinajstić information content (AvgIpc) is 3.57. The van der Waals surface area contributed by atoms with Crippen molar-refractivity contribution in [1.82, 2.24) is 25.9 Å². The second-order valence-electron chi connectivity index (χ2n) is 11.6. The molecule has 0 bridgehead atoms. The molecule has 4 N–H and O–H groups in total. The fourth-order valence-electron chi connectivity index (χ4n) is 4.72. The van der Waals surface area contributed by atoms with Crippen LogP contribution < -0.4 is 21.6 Å². The maximum Gasteiger partial charge on any atom is 0.413 e. The summed E-state index contributed by atoms with van der Waals surface area (Å²) in [5, 5.41) is 8.62. The average molecular weight is 588 g/mol. The maximum absolute atomic E-state index is 15.2. The van der Waals surface area contributed by atoms with E-state index < -0.39 is 23.7 Å². The van der Waals surface area contributed by atoms with Crippen molar-refractivity contribution in [2.75, 3.05) is 17.2 Å². The van der Waals surface area contributed by atoms with Crippen molar-refractivity contribution in [3.8, 4) is 12.3 Å². The zero-order valence-electron chi connectivity index (χ0n) is 23.0. The van der Waals surface area contributed by atoms with E-state index >= 15 is 4.39 Å². The number of terminal acetylenes is 1. The lowest BCUT2D eigenvalue weighted by Gasteiger charge is -2.28. The molecule has 0 saturated heterocycles. The molecule has 1 atom stereocenters. The van der Waals surface area contributed by atoms with Gasteiger partial charge < -0.3 is 16.1 Å². The molecular formula is C29H30ClF4N7. The fourth-order valence-corrected chi connectivity index (χ4v) is 4.99. The van der Waals surface area contributed by atoms with Crippen LogP contribution in [-0.4, -0.2) is 33.2 Å². The Morgan fingerprint density at radius 3 is 2.56 bits per heavy atom. The van der Waals surface area contributed by atoms with Gasteiger partial charge >= 0.3 is 6.18 Å². The molecule has 0 unspecified atom stereocenters. The van der Waals surface area contributed by atoms with E-state index in [4.69, 9.17) is 18.0 Å². The molecule has 0 radical (unpaired) electrons. The Labute approximate surface area is 240 Å². The standard InChI is InChI=1S/C29H30ClF4N7/c1-6-17-13-35-24-20(23(17)36-15-27(3,4)5)11-18(12-21(24)30)38-25(19-8-7-16(2)37-26(19)31)22-14-41(40-39-22)28(9-10-28)29(32,33)34/h1,7-8,11-14,25,38-40H,9-10,15H2,2-5H3,(H,35,36)/t25-/m0/s1. The largest absolute Gasteiger partial charge is 0.413 e. The van der Waals surface area contributed by atoms with E-state index in [0.717, 1.165) is 5.01 Å². The molecule has 1 fully saturated rings. The molecule has 1 saturated carbocycles. The first-order chi connectivity index (χ1) is 19.2. The number of hydrogen-bond acceptors (Lipinski definition) is 7. The molecule has 5 rings (SSSR count). The summed E-state index contributed by atoms with van der Waals surface area (Å²) in [6.07, 6.45) is 4.11. The van der Waals surface area contributed by atoms with Crippen LogP contribution in [0.1, 0.15) is 56.5 Å².